The average Bonchev–Trinajstić information content (AvgIpc) is 2.84. The predicted octanol–water partition coefficient (Wildman–Crippen LogP) is 2.13. The number of carbonyl (C=O) groups is 1. The Hall–Kier alpha value is -1.81. The van der Waals surface area contributed by atoms with E-state index in [0.29, 0.717) is 18.0 Å². The lowest BCUT2D eigenvalue weighted by Crippen LogP contribution is -2.25. The minimum absolute atomic E-state index is 0.0733. The van der Waals surface area contributed by atoms with E-state index < -0.39 is 0 Å². The molecule has 1 heterocycles. The number of hydrogen-bond acceptors (Lipinski definition) is 2. The van der Waals surface area contributed by atoms with Gasteiger partial charge in [-0.15, -0.1) is 11.6 Å². The van der Waals surface area contributed by atoms with Crippen LogP contribution in [-0.4, -0.2) is 22.2 Å². The number of halogens is 1. The zero-order chi connectivity index (χ0) is 13.7. The van der Waals surface area contributed by atoms with E-state index in [1.807, 2.05) is 31.4 Å². The molecule has 4 nitrogen and oxygen atoms in total. The van der Waals surface area contributed by atoms with Gasteiger partial charge in [0.15, 0.2) is 0 Å². The number of nitrogens with zero attached hydrogens (tertiary/aromatic N) is 2. The Morgan fingerprint density at radius 3 is 2.95 bits per heavy atom. The molecule has 0 fully saturated rings. The maximum Gasteiger partial charge on any atom is 0.251 e. The van der Waals surface area contributed by atoms with E-state index in [1.165, 1.54) is 0 Å². The first-order chi connectivity index (χ1) is 9.19. The Kier molecular flexibility index (Phi) is 4.58. The molecule has 0 aliphatic heterocycles. The summed E-state index contributed by atoms with van der Waals surface area (Å²) in [6.45, 7) is 0.593. The van der Waals surface area contributed by atoms with Crippen LogP contribution in [0, 0.1) is 0 Å². The molecule has 0 spiro atoms. The molecule has 0 aliphatic rings. The second-order valence-electron chi connectivity index (χ2n) is 4.36. The van der Waals surface area contributed by atoms with Crippen molar-refractivity contribution in [2.24, 2.45) is 7.05 Å². The Bertz CT molecular complexity index is 565. The molecule has 2 aromatic rings. The van der Waals surface area contributed by atoms with E-state index >= 15 is 0 Å². The summed E-state index contributed by atoms with van der Waals surface area (Å²) in [4.78, 5) is 11.9. The number of rotatable bonds is 5. The normalized spacial score (nSPS) is 10.4. The largest absolute Gasteiger partial charge is 0.352 e. The quantitative estimate of drug-likeness (QED) is 0.851. The van der Waals surface area contributed by atoms with Crippen LogP contribution in [0.2, 0.25) is 0 Å². The molecule has 5 heteroatoms. The van der Waals surface area contributed by atoms with Gasteiger partial charge in [-0.25, -0.2) is 0 Å². The number of hydrogen-bond donors (Lipinski definition) is 1. The van der Waals surface area contributed by atoms with Gasteiger partial charge in [-0.3, -0.25) is 9.48 Å². The molecule has 0 radical (unpaired) electrons. The highest BCUT2D eigenvalue weighted by molar-refractivity contribution is 6.17. The zero-order valence-electron chi connectivity index (χ0n) is 10.8. The Morgan fingerprint density at radius 2 is 2.26 bits per heavy atom. The standard InChI is InChI=1S/C14H16ClN3O/c1-18-10-12(9-17-18)5-6-16-14(19)13-4-2-3-11(7-13)8-15/h2-4,7,9-10H,5-6,8H2,1H3,(H,16,19). The Balaban J connectivity index is 1.87. The van der Waals surface area contributed by atoms with Gasteiger partial charge in [-0.1, -0.05) is 12.1 Å². The second-order valence-corrected chi connectivity index (χ2v) is 4.63. The molecule has 1 N–H and O–H groups in total. The monoisotopic (exact) mass is 277 g/mol. The zero-order valence-corrected chi connectivity index (χ0v) is 11.5. The molecule has 100 valence electrons. The van der Waals surface area contributed by atoms with Crippen LogP contribution in [0.1, 0.15) is 21.5 Å². The summed E-state index contributed by atoms with van der Waals surface area (Å²) in [7, 11) is 1.87. The summed E-state index contributed by atoms with van der Waals surface area (Å²) in [5.74, 6) is 0.340. The number of aryl methyl sites for hydroxylation is 1. The van der Waals surface area contributed by atoms with Crippen LogP contribution in [0.3, 0.4) is 0 Å². The molecule has 1 aromatic carbocycles. The number of amides is 1. The fourth-order valence-corrected chi connectivity index (χ4v) is 1.99. The van der Waals surface area contributed by atoms with Crippen molar-refractivity contribution in [2.45, 2.75) is 12.3 Å². The van der Waals surface area contributed by atoms with Crippen molar-refractivity contribution in [3.05, 3.63) is 53.3 Å². The third-order valence-electron chi connectivity index (χ3n) is 2.80. The lowest BCUT2D eigenvalue weighted by molar-refractivity contribution is 0.0954. The molecule has 0 saturated heterocycles. The molecule has 19 heavy (non-hydrogen) atoms. The van der Waals surface area contributed by atoms with Gasteiger partial charge in [0.25, 0.3) is 5.91 Å². The highest BCUT2D eigenvalue weighted by atomic mass is 35.5. The molecule has 0 unspecified atom stereocenters. The van der Waals surface area contributed by atoms with Gasteiger partial charge >= 0.3 is 0 Å². The number of carbonyl (C=O) groups excluding carboxylic acids is 1. The first-order valence-corrected chi connectivity index (χ1v) is 6.63. The van der Waals surface area contributed by atoms with Gasteiger partial charge in [0.1, 0.15) is 0 Å². The van der Waals surface area contributed by atoms with Gasteiger partial charge in [0.05, 0.1) is 6.20 Å². The van der Waals surface area contributed by atoms with Gasteiger partial charge in [-0.2, -0.15) is 5.10 Å². The van der Waals surface area contributed by atoms with E-state index in [2.05, 4.69) is 10.4 Å². The smallest absolute Gasteiger partial charge is 0.251 e. The van der Waals surface area contributed by atoms with E-state index in [9.17, 15) is 4.79 Å². The third kappa shape index (κ3) is 3.83. The minimum Gasteiger partial charge on any atom is -0.352 e. The molecule has 0 aliphatic carbocycles. The van der Waals surface area contributed by atoms with Crippen molar-refractivity contribution in [1.82, 2.24) is 15.1 Å². The van der Waals surface area contributed by atoms with E-state index in [4.69, 9.17) is 11.6 Å². The van der Waals surface area contributed by atoms with Crippen LogP contribution in [0.25, 0.3) is 0 Å². The molecule has 0 saturated carbocycles. The number of benzene rings is 1. The van der Waals surface area contributed by atoms with Crippen LogP contribution in [0.4, 0.5) is 0 Å². The first-order valence-electron chi connectivity index (χ1n) is 6.09. The van der Waals surface area contributed by atoms with Crippen molar-refractivity contribution in [3.8, 4) is 0 Å². The molecule has 2 rings (SSSR count). The number of alkyl halides is 1. The summed E-state index contributed by atoms with van der Waals surface area (Å²) in [6.07, 6.45) is 4.52. The summed E-state index contributed by atoms with van der Waals surface area (Å²) >= 11 is 5.75. The summed E-state index contributed by atoms with van der Waals surface area (Å²) in [5, 5.41) is 6.97. The Morgan fingerprint density at radius 1 is 1.42 bits per heavy atom. The van der Waals surface area contributed by atoms with E-state index in [-0.39, 0.29) is 5.91 Å². The van der Waals surface area contributed by atoms with Crippen LogP contribution in [0.5, 0.6) is 0 Å². The van der Waals surface area contributed by atoms with Crippen LogP contribution < -0.4 is 5.32 Å². The topological polar surface area (TPSA) is 46.9 Å². The van der Waals surface area contributed by atoms with Crippen molar-refractivity contribution in [1.29, 1.82) is 0 Å². The van der Waals surface area contributed by atoms with E-state index in [1.54, 1.807) is 16.9 Å². The van der Waals surface area contributed by atoms with Crippen molar-refractivity contribution in [3.63, 3.8) is 0 Å². The molecule has 0 bridgehead atoms. The average molecular weight is 278 g/mol. The molecular formula is C14H16ClN3O. The maximum absolute atomic E-state index is 11.9. The van der Waals surface area contributed by atoms with Gasteiger partial charge in [0, 0.05) is 31.2 Å². The Labute approximate surface area is 117 Å². The third-order valence-corrected chi connectivity index (χ3v) is 3.11. The van der Waals surface area contributed by atoms with Crippen molar-refractivity contribution >= 4 is 17.5 Å². The van der Waals surface area contributed by atoms with Gasteiger partial charge in [-0.05, 0) is 29.7 Å². The highest BCUT2D eigenvalue weighted by Gasteiger charge is 2.05. The van der Waals surface area contributed by atoms with Crippen LogP contribution in [0.15, 0.2) is 36.7 Å². The number of nitrogens with one attached hydrogen (secondary N) is 1. The minimum atomic E-state index is -0.0733. The highest BCUT2D eigenvalue weighted by Crippen LogP contribution is 2.07. The lowest BCUT2D eigenvalue weighted by atomic mass is 10.1. The SMILES string of the molecule is Cn1cc(CCNC(=O)c2cccc(CCl)c2)cn1. The predicted molar refractivity (Wildman–Crippen MR) is 75.2 cm³/mol. The van der Waals surface area contributed by atoms with Crippen molar-refractivity contribution < 1.29 is 4.79 Å². The fraction of sp³-hybridized carbons (Fsp3) is 0.286. The molecule has 1 aromatic heterocycles. The summed E-state index contributed by atoms with van der Waals surface area (Å²) in [5.41, 5.74) is 2.70. The maximum atomic E-state index is 11.9. The van der Waals surface area contributed by atoms with E-state index in [0.717, 1.165) is 17.5 Å². The number of aromatic nitrogens is 2. The fourth-order valence-electron chi connectivity index (χ4n) is 1.82. The van der Waals surface area contributed by atoms with Crippen LogP contribution in [-0.2, 0) is 19.3 Å². The summed E-state index contributed by atoms with van der Waals surface area (Å²) in [6, 6.07) is 7.34. The molecule has 0 atom stereocenters. The second kappa shape index (κ2) is 6.38. The van der Waals surface area contributed by atoms with Crippen molar-refractivity contribution in [2.75, 3.05) is 6.54 Å². The summed E-state index contributed by atoms with van der Waals surface area (Å²) < 4.78 is 1.75. The van der Waals surface area contributed by atoms with Gasteiger partial charge in [0.2, 0.25) is 0 Å². The van der Waals surface area contributed by atoms with Crippen LogP contribution >= 0.6 is 11.6 Å². The molecule has 1 amide bonds. The van der Waals surface area contributed by atoms with Gasteiger partial charge < -0.3 is 5.32 Å². The molecular weight excluding hydrogens is 262 g/mol. The first kappa shape index (κ1) is 13.6. The lowest BCUT2D eigenvalue weighted by Gasteiger charge is -2.05.